The van der Waals surface area contributed by atoms with Crippen molar-refractivity contribution in [3.05, 3.63) is 88.7 Å². The third-order valence-corrected chi connectivity index (χ3v) is 6.23. The van der Waals surface area contributed by atoms with Crippen LogP contribution in [0, 0.1) is 11.3 Å². The fourth-order valence-corrected chi connectivity index (χ4v) is 4.24. The molecule has 0 aliphatic rings. The van der Waals surface area contributed by atoms with Gasteiger partial charge in [-0.05, 0) is 55.5 Å². The maximum atomic E-state index is 13.5. The number of nitrogens with zero attached hydrogens (tertiary/aromatic N) is 4. The number of carbonyl (C=O) groups excluding carboxylic acids is 2. The Balaban J connectivity index is 1.57. The summed E-state index contributed by atoms with van der Waals surface area (Å²) in [6, 6.07) is 21.8. The van der Waals surface area contributed by atoms with E-state index in [1.54, 1.807) is 42.2 Å². The molecular weight excluding hydrogens is 490 g/mol. The number of para-hydroxylation sites is 1. The first-order valence-corrected chi connectivity index (χ1v) is 12.2. The van der Waals surface area contributed by atoms with E-state index in [0.717, 1.165) is 11.3 Å². The van der Waals surface area contributed by atoms with Gasteiger partial charge in [0.2, 0.25) is 0 Å². The lowest BCUT2D eigenvalue weighted by Crippen LogP contribution is -2.33. The number of aromatic nitrogens is 2. The molecule has 37 heavy (non-hydrogen) atoms. The molecule has 1 amide bonds. The minimum Gasteiger partial charge on any atom is -0.466 e. The number of benzene rings is 3. The smallest absolute Gasteiger partial charge is 0.307 e. The highest BCUT2D eigenvalue weighted by molar-refractivity contribution is 6.33. The van der Waals surface area contributed by atoms with Crippen LogP contribution in [0.2, 0.25) is 5.02 Å². The van der Waals surface area contributed by atoms with Gasteiger partial charge in [0, 0.05) is 24.8 Å². The second-order valence-corrected chi connectivity index (χ2v) is 8.71. The van der Waals surface area contributed by atoms with Gasteiger partial charge in [0.05, 0.1) is 52.9 Å². The zero-order valence-corrected chi connectivity index (χ0v) is 21.3. The van der Waals surface area contributed by atoms with Gasteiger partial charge in [-0.3, -0.25) is 9.59 Å². The molecule has 0 unspecified atom stereocenters. The standard InChI is InChI=1S/C28H26ClN5O3/c1-3-37-27(35)13-14-34(21-7-5-4-6-8-21)28(36)20-10-12-25-24(16-20)32-26(33(25)2)18-31-23-11-9-19(17-30)15-22(23)29/h4-12,15-16,31H,3,13-14,18H2,1-2H3. The van der Waals surface area contributed by atoms with Gasteiger partial charge in [-0.2, -0.15) is 5.26 Å². The zero-order chi connectivity index (χ0) is 26.4. The predicted molar refractivity (Wildman–Crippen MR) is 144 cm³/mol. The van der Waals surface area contributed by atoms with E-state index in [0.29, 0.717) is 46.2 Å². The summed E-state index contributed by atoms with van der Waals surface area (Å²) in [7, 11) is 1.91. The van der Waals surface area contributed by atoms with Gasteiger partial charge >= 0.3 is 5.97 Å². The van der Waals surface area contributed by atoms with Crippen molar-refractivity contribution in [1.82, 2.24) is 9.55 Å². The molecule has 188 valence electrons. The number of rotatable bonds is 9. The maximum Gasteiger partial charge on any atom is 0.307 e. The van der Waals surface area contributed by atoms with E-state index < -0.39 is 0 Å². The van der Waals surface area contributed by atoms with E-state index in [2.05, 4.69) is 11.4 Å². The van der Waals surface area contributed by atoms with E-state index in [-0.39, 0.29) is 24.8 Å². The van der Waals surface area contributed by atoms with E-state index in [9.17, 15) is 9.59 Å². The lowest BCUT2D eigenvalue weighted by molar-refractivity contribution is -0.142. The predicted octanol–water partition coefficient (Wildman–Crippen LogP) is 5.31. The second kappa shape index (κ2) is 11.6. The molecule has 0 fully saturated rings. The quantitative estimate of drug-likeness (QED) is 0.303. The monoisotopic (exact) mass is 515 g/mol. The normalized spacial score (nSPS) is 10.6. The molecule has 0 bridgehead atoms. The highest BCUT2D eigenvalue weighted by Gasteiger charge is 2.20. The molecule has 0 saturated carbocycles. The van der Waals surface area contributed by atoms with Crippen molar-refractivity contribution >= 4 is 45.9 Å². The Labute approximate surface area is 220 Å². The molecule has 4 aromatic rings. The third kappa shape index (κ3) is 5.90. The van der Waals surface area contributed by atoms with Gasteiger partial charge in [-0.25, -0.2) is 4.98 Å². The Morgan fingerprint density at radius 1 is 1.14 bits per heavy atom. The third-order valence-electron chi connectivity index (χ3n) is 5.91. The highest BCUT2D eigenvalue weighted by atomic mass is 35.5. The first-order valence-electron chi connectivity index (χ1n) is 11.8. The van der Waals surface area contributed by atoms with E-state index in [1.807, 2.05) is 48.0 Å². The molecule has 0 saturated heterocycles. The number of hydrogen-bond acceptors (Lipinski definition) is 6. The number of imidazole rings is 1. The van der Waals surface area contributed by atoms with Crippen molar-refractivity contribution in [2.24, 2.45) is 7.05 Å². The zero-order valence-electron chi connectivity index (χ0n) is 20.6. The number of ether oxygens (including phenoxy) is 1. The number of amides is 1. The van der Waals surface area contributed by atoms with Crippen molar-refractivity contribution in [3.8, 4) is 6.07 Å². The van der Waals surface area contributed by atoms with Crippen LogP contribution in [-0.4, -0.2) is 34.6 Å². The molecule has 0 radical (unpaired) electrons. The van der Waals surface area contributed by atoms with Crippen LogP contribution in [0.5, 0.6) is 0 Å². The van der Waals surface area contributed by atoms with Crippen LogP contribution in [0.15, 0.2) is 66.7 Å². The van der Waals surface area contributed by atoms with Crippen molar-refractivity contribution < 1.29 is 14.3 Å². The van der Waals surface area contributed by atoms with Gasteiger partial charge < -0.3 is 19.5 Å². The highest BCUT2D eigenvalue weighted by Crippen LogP contribution is 2.25. The fraction of sp³-hybridized carbons (Fsp3) is 0.214. The lowest BCUT2D eigenvalue weighted by Gasteiger charge is -2.22. The van der Waals surface area contributed by atoms with Gasteiger partial charge in [0.25, 0.3) is 5.91 Å². The number of aryl methyl sites for hydroxylation is 1. The van der Waals surface area contributed by atoms with Crippen LogP contribution >= 0.6 is 11.6 Å². The molecule has 0 atom stereocenters. The molecule has 0 aliphatic heterocycles. The molecular formula is C28H26ClN5O3. The number of esters is 1. The summed E-state index contributed by atoms with van der Waals surface area (Å²) >= 11 is 6.28. The van der Waals surface area contributed by atoms with Crippen LogP contribution in [0.3, 0.4) is 0 Å². The van der Waals surface area contributed by atoms with Crippen LogP contribution in [0.25, 0.3) is 11.0 Å². The number of carbonyl (C=O) groups is 2. The molecule has 1 heterocycles. The topological polar surface area (TPSA) is 100 Å². The Hall–Kier alpha value is -4.35. The average Bonchev–Trinajstić information content (AvgIpc) is 3.23. The maximum absolute atomic E-state index is 13.5. The fourth-order valence-electron chi connectivity index (χ4n) is 3.99. The number of halogens is 1. The van der Waals surface area contributed by atoms with Gasteiger partial charge in [0.1, 0.15) is 5.82 Å². The number of fused-ring (bicyclic) bond motifs is 1. The van der Waals surface area contributed by atoms with Crippen LogP contribution < -0.4 is 10.2 Å². The first-order chi connectivity index (χ1) is 17.9. The number of nitrogens with one attached hydrogen (secondary N) is 1. The van der Waals surface area contributed by atoms with Crippen LogP contribution in [0.4, 0.5) is 11.4 Å². The minimum atomic E-state index is -0.351. The van der Waals surface area contributed by atoms with Gasteiger partial charge in [0.15, 0.2) is 0 Å². The summed E-state index contributed by atoms with van der Waals surface area (Å²) in [4.78, 5) is 31.8. The molecule has 1 N–H and O–H groups in total. The Morgan fingerprint density at radius 2 is 1.92 bits per heavy atom. The Morgan fingerprint density at radius 3 is 2.62 bits per heavy atom. The summed E-state index contributed by atoms with van der Waals surface area (Å²) < 4.78 is 6.99. The average molecular weight is 516 g/mol. The van der Waals surface area contributed by atoms with Crippen LogP contribution in [0.1, 0.15) is 35.1 Å². The first kappa shape index (κ1) is 25.7. The summed E-state index contributed by atoms with van der Waals surface area (Å²) in [5.41, 5.74) is 3.90. The SMILES string of the molecule is CCOC(=O)CCN(C(=O)c1ccc2c(c1)nc(CNc1ccc(C#N)cc1Cl)n2C)c1ccccc1. The van der Waals surface area contributed by atoms with E-state index >= 15 is 0 Å². The summed E-state index contributed by atoms with van der Waals surface area (Å²) in [6.07, 6.45) is 0.0913. The minimum absolute atomic E-state index is 0.0913. The molecule has 0 spiro atoms. The Kier molecular flexibility index (Phi) is 8.06. The van der Waals surface area contributed by atoms with Crippen molar-refractivity contribution in [2.75, 3.05) is 23.4 Å². The second-order valence-electron chi connectivity index (χ2n) is 8.30. The van der Waals surface area contributed by atoms with E-state index in [4.69, 9.17) is 26.6 Å². The van der Waals surface area contributed by atoms with Crippen molar-refractivity contribution in [3.63, 3.8) is 0 Å². The molecule has 1 aromatic heterocycles. The number of nitriles is 1. The number of anilines is 2. The molecule has 4 rings (SSSR count). The molecule has 0 aliphatic carbocycles. The van der Waals surface area contributed by atoms with Crippen LogP contribution in [-0.2, 0) is 23.1 Å². The summed E-state index contributed by atoms with van der Waals surface area (Å²) in [6.45, 7) is 2.64. The van der Waals surface area contributed by atoms with Gasteiger partial charge in [-0.1, -0.05) is 29.8 Å². The molecule has 3 aromatic carbocycles. The number of hydrogen-bond donors (Lipinski definition) is 1. The summed E-state index contributed by atoms with van der Waals surface area (Å²) in [5, 5.41) is 12.7. The molecule has 9 heteroatoms. The van der Waals surface area contributed by atoms with Crippen molar-refractivity contribution in [2.45, 2.75) is 19.9 Å². The summed E-state index contributed by atoms with van der Waals surface area (Å²) in [5.74, 6) is 0.172. The lowest BCUT2D eigenvalue weighted by atomic mass is 10.1. The largest absolute Gasteiger partial charge is 0.466 e. The van der Waals surface area contributed by atoms with Gasteiger partial charge in [-0.15, -0.1) is 0 Å². The van der Waals surface area contributed by atoms with Crippen molar-refractivity contribution in [1.29, 1.82) is 5.26 Å². The van der Waals surface area contributed by atoms with E-state index in [1.165, 1.54) is 0 Å². The Bertz CT molecular complexity index is 1480. The molecule has 8 nitrogen and oxygen atoms in total.